The largest absolute Gasteiger partial charge is 0.492 e. The van der Waals surface area contributed by atoms with Crippen LogP contribution < -0.4 is 26.1 Å². The lowest BCUT2D eigenvalue weighted by Gasteiger charge is -2.26. The van der Waals surface area contributed by atoms with Crippen LogP contribution in [-0.4, -0.2) is 66.9 Å². The van der Waals surface area contributed by atoms with Gasteiger partial charge in [-0.15, -0.1) is 0 Å². The van der Waals surface area contributed by atoms with Gasteiger partial charge in [0.05, 0.1) is 44.2 Å². The van der Waals surface area contributed by atoms with Crippen molar-refractivity contribution < 1.29 is 19.0 Å². The van der Waals surface area contributed by atoms with Gasteiger partial charge in [0.2, 0.25) is 0 Å². The maximum Gasteiger partial charge on any atom is 0.275 e. The summed E-state index contributed by atoms with van der Waals surface area (Å²) in [5.74, 6) is 0.903. The van der Waals surface area contributed by atoms with E-state index in [1.165, 1.54) is 23.9 Å². The number of hydrogen-bond donors (Lipinski definition) is 2. The molecule has 1 aliphatic heterocycles. The van der Waals surface area contributed by atoms with Crippen LogP contribution in [-0.2, 0) is 11.3 Å². The fourth-order valence-electron chi connectivity index (χ4n) is 4.14. The Balaban J connectivity index is 1.58. The van der Waals surface area contributed by atoms with Gasteiger partial charge in [0.15, 0.2) is 11.5 Å². The third kappa shape index (κ3) is 5.55. The van der Waals surface area contributed by atoms with Crippen molar-refractivity contribution in [1.82, 2.24) is 14.5 Å². The maximum atomic E-state index is 13.2. The van der Waals surface area contributed by atoms with E-state index in [9.17, 15) is 9.59 Å². The number of nitrogen functional groups attached to an aromatic ring is 1. The molecule has 1 saturated heterocycles. The Hall–Kier alpha value is -3.63. The van der Waals surface area contributed by atoms with Crippen molar-refractivity contribution in [2.24, 2.45) is 0 Å². The number of ether oxygens (including phenoxy) is 3. The van der Waals surface area contributed by atoms with E-state index in [4.69, 9.17) is 19.9 Å². The molecule has 0 bridgehead atoms. The number of nitrogens with one attached hydrogen (secondary N) is 1. The minimum absolute atomic E-state index is 0.193. The third-order valence-electron chi connectivity index (χ3n) is 5.97. The Kier molecular flexibility index (Phi) is 7.84. The smallest absolute Gasteiger partial charge is 0.275 e. The molecule has 0 spiro atoms. The fraction of sp³-hybridized carbons (Fsp3) is 0.400. The summed E-state index contributed by atoms with van der Waals surface area (Å²) in [5.41, 5.74) is 6.08. The van der Waals surface area contributed by atoms with E-state index >= 15 is 0 Å². The molecule has 1 fully saturated rings. The topological polar surface area (TPSA) is 121 Å². The van der Waals surface area contributed by atoms with Crippen LogP contribution in [0.15, 0.2) is 41.3 Å². The summed E-state index contributed by atoms with van der Waals surface area (Å²) in [4.78, 5) is 32.4. The van der Waals surface area contributed by atoms with Gasteiger partial charge in [-0.3, -0.25) is 19.1 Å². The number of hydrogen-bond acceptors (Lipinski definition) is 8. The van der Waals surface area contributed by atoms with Crippen LogP contribution in [0.5, 0.6) is 11.5 Å². The molecule has 0 radical (unpaired) electrons. The first-order chi connectivity index (χ1) is 17.0. The van der Waals surface area contributed by atoms with E-state index in [0.29, 0.717) is 46.9 Å². The SMILES string of the molecule is CCn1c(NC(=O)c2ccc(N)cn2)cc2c(OC)c(OCCCN3CCOCC3)ccc2c1=O. The zero-order valence-corrected chi connectivity index (χ0v) is 20.1. The van der Waals surface area contributed by atoms with Crippen LogP contribution >= 0.6 is 0 Å². The van der Waals surface area contributed by atoms with E-state index < -0.39 is 5.91 Å². The molecule has 4 rings (SSSR count). The van der Waals surface area contributed by atoms with Gasteiger partial charge in [0.1, 0.15) is 11.5 Å². The summed E-state index contributed by atoms with van der Waals surface area (Å²) in [6, 6.07) is 8.35. The van der Waals surface area contributed by atoms with Gasteiger partial charge >= 0.3 is 0 Å². The van der Waals surface area contributed by atoms with E-state index in [-0.39, 0.29) is 11.3 Å². The standard InChI is InChI=1S/C25H31N5O5/c1-3-30-22(28-24(31)20-7-5-17(26)16-27-20)15-19-18(25(30)32)6-8-21(23(19)33-2)35-12-4-9-29-10-13-34-14-11-29/h5-8,15-16H,3-4,9-14,26H2,1-2H3,(H,28,31). The molecule has 0 atom stereocenters. The minimum Gasteiger partial charge on any atom is -0.492 e. The normalized spacial score (nSPS) is 14.1. The van der Waals surface area contributed by atoms with E-state index in [1.807, 2.05) is 6.92 Å². The molecule has 0 unspecified atom stereocenters. The lowest BCUT2D eigenvalue weighted by Crippen LogP contribution is -2.37. The number of methoxy groups -OCH3 is 1. The zero-order valence-electron chi connectivity index (χ0n) is 20.1. The number of morpholine rings is 1. The molecule has 3 heterocycles. The van der Waals surface area contributed by atoms with Gasteiger partial charge < -0.3 is 25.3 Å². The quantitative estimate of drug-likeness (QED) is 0.447. The Morgan fingerprint density at radius 1 is 1.20 bits per heavy atom. The van der Waals surface area contributed by atoms with Crippen molar-refractivity contribution in [3.05, 3.63) is 52.6 Å². The van der Waals surface area contributed by atoms with Crippen molar-refractivity contribution >= 4 is 28.2 Å². The van der Waals surface area contributed by atoms with Crippen LogP contribution in [0.25, 0.3) is 10.8 Å². The second-order valence-electron chi connectivity index (χ2n) is 8.22. The number of nitrogens with two attached hydrogens (primary N) is 1. The second kappa shape index (κ2) is 11.2. The maximum absolute atomic E-state index is 13.2. The Morgan fingerprint density at radius 3 is 2.69 bits per heavy atom. The molecule has 0 saturated carbocycles. The predicted molar refractivity (Wildman–Crippen MR) is 134 cm³/mol. The van der Waals surface area contributed by atoms with Crippen molar-refractivity contribution in [2.45, 2.75) is 19.9 Å². The van der Waals surface area contributed by atoms with Gasteiger partial charge in [-0.2, -0.15) is 0 Å². The van der Waals surface area contributed by atoms with Crippen LogP contribution in [0.4, 0.5) is 11.5 Å². The van der Waals surface area contributed by atoms with Crippen molar-refractivity contribution in [1.29, 1.82) is 0 Å². The van der Waals surface area contributed by atoms with E-state index in [2.05, 4.69) is 15.2 Å². The van der Waals surface area contributed by atoms with Gasteiger partial charge in [0.25, 0.3) is 11.5 Å². The molecule has 1 amide bonds. The molecular formula is C25H31N5O5. The molecule has 3 aromatic rings. The lowest BCUT2D eigenvalue weighted by atomic mass is 10.1. The highest BCUT2D eigenvalue weighted by molar-refractivity contribution is 6.04. The summed E-state index contributed by atoms with van der Waals surface area (Å²) in [5, 5.41) is 3.84. The highest BCUT2D eigenvalue weighted by atomic mass is 16.5. The molecule has 186 valence electrons. The summed E-state index contributed by atoms with van der Waals surface area (Å²) >= 11 is 0. The number of anilines is 2. The predicted octanol–water partition coefficient (Wildman–Crippen LogP) is 2.36. The van der Waals surface area contributed by atoms with Gasteiger partial charge in [-0.25, -0.2) is 4.98 Å². The number of amides is 1. The molecule has 1 aliphatic rings. The van der Waals surface area contributed by atoms with Crippen molar-refractivity contribution in [2.75, 3.05) is 57.6 Å². The van der Waals surface area contributed by atoms with E-state index in [1.54, 1.807) is 24.3 Å². The number of carbonyl (C=O) groups is 1. The van der Waals surface area contributed by atoms with Crippen LogP contribution in [0.2, 0.25) is 0 Å². The Bertz CT molecular complexity index is 1240. The molecule has 3 N–H and O–H groups in total. The van der Waals surface area contributed by atoms with Crippen LogP contribution in [0.3, 0.4) is 0 Å². The molecule has 2 aromatic heterocycles. The van der Waals surface area contributed by atoms with Gasteiger partial charge in [-0.05, 0) is 43.7 Å². The van der Waals surface area contributed by atoms with Gasteiger partial charge in [0, 0.05) is 31.6 Å². The number of pyridine rings is 2. The van der Waals surface area contributed by atoms with Crippen molar-refractivity contribution in [3.8, 4) is 11.5 Å². The fourth-order valence-corrected chi connectivity index (χ4v) is 4.14. The zero-order chi connectivity index (χ0) is 24.8. The minimum atomic E-state index is -0.444. The van der Waals surface area contributed by atoms with Gasteiger partial charge in [-0.1, -0.05) is 0 Å². The average Bonchev–Trinajstić information content (AvgIpc) is 2.87. The monoisotopic (exact) mass is 481 g/mol. The highest BCUT2D eigenvalue weighted by Gasteiger charge is 2.18. The molecule has 1 aromatic carbocycles. The number of benzene rings is 1. The Labute approximate surface area is 203 Å². The summed E-state index contributed by atoms with van der Waals surface area (Å²) in [6.45, 7) is 7.05. The second-order valence-corrected chi connectivity index (χ2v) is 8.22. The third-order valence-corrected chi connectivity index (χ3v) is 5.97. The summed E-state index contributed by atoms with van der Waals surface area (Å²) < 4.78 is 18.6. The molecule has 35 heavy (non-hydrogen) atoms. The number of carbonyl (C=O) groups excluding carboxylic acids is 1. The average molecular weight is 482 g/mol. The van der Waals surface area contributed by atoms with Crippen LogP contribution in [0, 0.1) is 0 Å². The first-order valence-corrected chi connectivity index (χ1v) is 11.7. The molecule has 10 nitrogen and oxygen atoms in total. The first-order valence-electron chi connectivity index (χ1n) is 11.7. The number of aromatic nitrogens is 2. The first kappa shape index (κ1) is 24.5. The molecular weight excluding hydrogens is 450 g/mol. The summed E-state index contributed by atoms with van der Waals surface area (Å²) in [6.07, 6.45) is 2.27. The number of fused-ring (bicyclic) bond motifs is 1. The molecule has 0 aliphatic carbocycles. The lowest BCUT2D eigenvalue weighted by molar-refractivity contribution is 0.0357. The number of rotatable bonds is 9. The summed E-state index contributed by atoms with van der Waals surface area (Å²) in [7, 11) is 1.54. The highest BCUT2D eigenvalue weighted by Crippen LogP contribution is 2.35. The number of nitrogens with zero attached hydrogens (tertiary/aromatic N) is 3. The molecule has 10 heteroatoms. The van der Waals surface area contributed by atoms with E-state index in [0.717, 1.165) is 39.3 Å². The van der Waals surface area contributed by atoms with Crippen molar-refractivity contribution in [3.63, 3.8) is 0 Å². The Morgan fingerprint density at radius 2 is 2.00 bits per heavy atom. The van der Waals surface area contributed by atoms with Crippen LogP contribution in [0.1, 0.15) is 23.8 Å².